The van der Waals surface area contributed by atoms with Gasteiger partial charge in [0.05, 0.1) is 11.4 Å². The Hall–Kier alpha value is -2.47. The smallest absolute Gasteiger partial charge is 0.231 e. The molecular formula is C22H29N3O3. The van der Waals surface area contributed by atoms with Crippen LogP contribution in [0.4, 0.5) is 0 Å². The molecule has 2 atom stereocenters. The highest BCUT2D eigenvalue weighted by Gasteiger charge is 2.37. The zero-order valence-electron chi connectivity index (χ0n) is 17.1. The van der Waals surface area contributed by atoms with Gasteiger partial charge in [0.25, 0.3) is 0 Å². The lowest BCUT2D eigenvalue weighted by Gasteiger charge is -2.35. The number of H-pyrrole nitrogens is 1. The summed E-state index contributed by atoms with van der Waals surface area (Å²) in [7, 11) is 0. The van der Waals surface area contributed by atoms with Gasteiger partial charge in [0.15, 0.2) is 11.5 Å². The summed E-state index contributed by atoms with van der Waals surface area (Å²) < 4.78 is 11.5. The van der Waals surface area contributed by atoms with Crippen molar-refractivity contribution in [1.82, 2.24) is 15.2 Å². The number of nitrogens with zero attached hydrogens (tertiary/aromatic N) is 1. The second-order valence-electron chi connectivity index (χ2n) is 7.13. The Bertz CT molecular complexity index is 927. The summed E-state index contributed by atoms with van der Waals surface area (Å²) >= 11 is 0. The summed E-state index contributed by atoms with van der Waals surface area (Å²) in [6.45, 7) is 10.5. The molecule has 150 valence electrons. The van der Waals surface area contributed by atoms with Crippen molar-refractivity contribution in [3.63, 3.8) is 0 Å². The van der Waals surface area contributed by atoms with E-state index in [-0.39, 0.29) is 24.7 Å². The van der Waals surface area contributed by atoms with E-state index in [0.717, 1.165) is 42.1 Å². The van der Waals surface area contributed by atoms with Crippen LogP contribution in [0.25, 0.3) is 16.5 Å². The van der Waals surface area contributed by atoms with E-state index in [0.29, 0.717) is 6.54 Å². The molecule has 3 heterocycles. The van der Waals surface area contributed by atoms with Gasteiger partial charge in [-0.3, -0.25) is 4.79 Å². The minimum absolute atomic E-state index is 0.144. The molecule has 0 bridgehead atoms. The summed E-state index contributed by atoms with van der Waals surface area (Å²) in [5.41, 5.74) is 4.61. The first kappa shape index (κ1) is 18.9. The van der Waals surface area contributed by atoms with Gasteiger partial charge < -0.3 is 24.7 Å². The summed E-state index contributed by atoms with van der Waals surface area (Å²) in [5.74, 6) is 1.64. The van der Waals surface area contributed by atoms with Gasteiger partial charge >= 0.3 is 0 Å². The SMILES string of the molecule is CC.CCN(CC)C(=O)C1C=C2c3c4c(cc5[nH]cc(c35)CC2NC1)OCO4. The molecule has 1 aromatic carbocycles. The molecule has 1 aliphatic carbocycles. The van der Waals surface area contributed by atoms with Crippen LogP contribution in [-0.2, 0) is 11.2 Å². The number of amides is 1. The van der Waals surface area contributed by atoms with E-state index in [9.17, 15) is 4.79 Å². The fourth-order valence-corrected chi connectivity index (χ4v) is 4.52. The summed E-state index contributed by atoms with van der Waals surface area (Å²) in [6.07, 6.45) is 5.16. The highest BCUT2D eigenvalue weighted by Crippen LogP contribution is 2.49. The van der Waals surface area contributed by atoms with Crippen molar-refractivity contribution in [2.75, 3.05) is 26.4 Å². The molecule has 0 fully saturated rings. The van der Waals surface area contributed by atoms with Gasteiger partial charge in [-0.05, 0) is 31.4 Å². The maximum atomic E-state index is 12.9. The first-order valence-electron chi connectivity index (χ1n) is 10.4. The molecule has 0 radical (unpaired) electrons. The Morgan fingerprint density at radius 2 is 2.04 bits per heavy atom. The highest BCUT2D eigenvalue weighted by molar-refractivity contribution is 6.03. The Morgan fingerprint density at radius 1 is 1.25 bits per heavy atom. The monoisotopic (exact) mass is 383 g/mol. The van der Waals surface area contributed by atoms with E-state index in [1.807, 2.05) is 38.7 Å². The number of rotatable bonds is 3. The van der Waals surface area contributed by atoms with Gasteiger partial charge in [-0.15, -0.1) is 0 Å². The second-order valence-corrected chi connectivity index (χ2v) is 7.13. The minimum atomic E-state index is -0.144. The van der Waals surface area contributed by atoms with Crippen molar-refractivity contribution in [3.8, 4) is 11.5 Å². The van der Waals surface area contributed by atoms with Crippen LogP contribution in [0.15, 0.2) is 18.3 Å². The largest absolute Gasteiger partial charge is 0.453 e. The number of fused-ring (bicyclic) bond motifs is 4. The predicted molar refractivity (Wildman–Crippen MR) is 111 cm³/mol. The van der Waals surface area contributed by atoms with Crippen molar-refractivity contribution in [2.45, 2.75) is 40.2 Å². The van der Waals surface area contributed by atoms with Crippen LogP contribution in [-0.4, -0.2) is 48.3 Å². The van der Waals surface area contributed by atoms with Crippen molar-refractivity contribution in [1.29, 1.82) is 0 Å². The van der Waals surface area contributed by atoms with Crippen molar-refractivity contribution in [2.24, 2.45) is 5.92 Å². The molecule has 28 heavy (non-hydrogen) atoms. The van der Waals surface area contributed by atoms with Gasteiger partial charge in [0.1, 0.15) is 0 Å². The lowest BCUT2D eigenvalue weighted by atomic mass is 9.80. The van der Waals surface area contributed by atoms with E-state index in [2.05, 4.69) is 22.6 Å². The summed E-state index contributed by atoms with van der Waals surface area (Å²) in [4.78, 5) is 18.2. The number of carbonyl (C=O) groups excluding carboxylic acids is 1. The Labute approximate surface area is 165 Å². The van der Waals surface area contributed by atoms with Crippen LogP contribution < -0.4 is 14.8 Å². The molecule has 1 amide bonds. The summed E-state index contributed by atoms with van der Waals surface area (Å²) in [6, 6.07) is 2.22. The fraction of sp³-hybridized carbons (Fsp3) is 0.500. The van der Waals surface area contributed by atoms with Gasteiger partial charge in [0, 0.05) is 48.9 Å². The molecule has 2 unspecified atom stereocenters. The average molecular weight is 383 g/mol. The normalized spacial score (nSPS) is 21.5. The topological polar surface area (TPSA) is 66.6 Å². The van der Waals surface area contributed by atoms with Gasteiger partial charge in [-0.2, -0.15) is 0 Å². The number of aromatic amines is 1. The first-order chi connectivity index (χ1) is 13.7. The molecule has 5 rings (SSSR count). The van der Waals surface area contributed by atoms with Crippen LogP contribution in [0.3, 0.4) is 0 Å². The minimum Gasteiger partial charge on any atom is -0.453 e. The number of carbonyl (C=O) groups is 1. The van der Waals surface area contributed by atoms with Crippen LogP contribution in [0, 0.1) is 5.92 Å². The zero-order valence-corrected chi connectivity index (χ0v) is 17.1. The quantitative estimate of drug-likeness (QED) is 0.853. The molecule has 6 nitrogen and oxygen atoms in total. The van der Waals surface area contributed by atoms with Gasteiger partial charge in [-0.1, -0.05) is 19.9 Å². The van der Waals surface area contributed by atoms with E-state index in [4.69, 9.17) is 9.47 Å². The van der Waals surface area contributed by atoms with Crippen molar-refractivity contribution >= 4 is 22.4 Å². The zero-order chi connectivity index (χ0) is 19.8. The number of hydrogen-bond acceptors (Lipinski definition) is 4. The van der Waals surface area contributed by atoms with Gasteiger partial charge in [0.2, 0.25) is 12.7 Å². The number of ether oxygens (including phenoxy) is 2. The maximum absolute atomic E-state index is 12.9. The molecule has 2 aliphatic heterocycles. The van der Waals surface area contributed by atoms with Crippen LogP contribution in [0.1, 0.15) is 38.8 Å². The first-order valence-corrected chi connectivity index (χ1v) is 10.4. The van der Waals surface area contributed by atoms with Crippen molar-refractivity contribution in [3.05, 3.63) is 29.5 Å². The van der Waals surface area contributed by atoms with Gasteiger partial charge in [-0.25, -0.2) is 0 Å². The maximum Gasteiger partial charge on any atom is 0.231 e. The molecule has 2 aromatic rings. The van der Waals surface area contributed by atoms with E-state index in [1.54, 1.807) is 0 Å². The third kappa shape index (κ3) is 2.78. The fourth-order valence-electron chi connectivity index (χ4n) is 4.52. The standard InChI is InChI=1S/C20H23N3O3.C2H6/c1-3-23(4-2)20(24)12-5-13-14(21-9-12)6-11-8-22-15-7-16-19(26-10-25-16)18(13)17(11)15;1-2/h5,7-8,12,14,21-22H,3-4,6,9-10H2,1-2H3;1-2H3. The Balaban J connectivity index is 0.000000932. The predicted octanol–water partition coefficient (Wildman–Crippen LogP) is 3.32. The Kier molecular flexibility index (Phi) is 5.06. The number of hydrogen-bond donors (Lipinski definition) is 2. The second kappa shape index (κ2) is 7.51. The third-order valence-corrected chi connectivity index (χ3v) is 5.83. The third-order valence-electron chi connectivity index (χ3n) is 5.83. The van der Waals surface area contributed by atoms with E-state index >= 15 is 0 Å². The van der Waals surface area contributed by atoms with E-state index in [1.165, 1.54) is 16.5 Å². The highest BCUT2D eigenvalue weighted by atomic mass is 16.7. The molecule has 0 saturated carbocycles. The number of aromatic nitrogens is 1. The molecular weight excluding hydrogens is 354 g/mol. The molecule has 0 spiro atoms. The summed E-state index contributed by atoms with van der Waals surface area (Å²) in [5, 5.41) is 4.80. The van der Waals surface area contributed by atoms with Crippen LogP contribution in [0.5, 0.6) is 11.5 Å². The molecule has 0 saturated heterocycles. The molecule has 3 aliphatic rings. The van der Waals surface area contributed by atoms with Crippen LogP contribution in [0.2, 0.25) is 0 Å². The number of nitrogens with one attached hydrogen (secondary N) is 2. The van der Waals surface area contributed by atoms with E-state index < -0.39 is 0 Å². The number of benzene rings is 1. The lowest BCUT2D eigenvalue weighted by molar-refractivity contribution is -0.133. The van der Waals surface area contributed by atoms with Crippen molar-refractivity contribution < 1.29 is 14.3 Å². The molecule has 2 N–H and O–H groups in total. The average Bonchev–Trinajstić information content (AvgIpc) is 3.37. The molecule has 1 aromatic heterocycles. The molecule has 6 heteroatoms. The lowest BCUT2D eigenvalue weighted by Crippen LogP contribution is -2.46. The van der Waals surface area contributed by atoms with Crippen LogP contribution >= 0.6 is 0 Å². The Morgan fingerprint density at radius 3 is 2.79 bits per heavy atom.